The third-order valence-electron chi connectivity index (χ3n) is 2.64. The van der Waals surface area contributed by atoms with Gasteiger partial charge in [0.15, 0.2) is 0 Å². The van der Waals surface area contributed by atoms with Crippen LogP contribution in [0.25, 0.3) is 0 Å². The SMILES string of the molecule is CCCC(Cc1ccccc1C(=O)O)OC. The molecule has 88 valence electrons. The molecule has 1 aromatic rings. The Kier molecular flexibility index (Phi) is 4.99. The molecule has 0 saturated carbocycles. The second kappa shape index (κ2) is 6.28. The first kappa shape index (κ1) is 12.7. The molecule has 1 unspecified atom stereocenters. The second-order valence-corrected chi connectivity index (χ2v) is 3.81. The van der Waals surface area contributed by atoms with Crippen LogP contribution < -0.4 is 0 Å². The Bertz CT molecular complexity index is 347. The highest BCUT2D eigenvalue weighted by atomic mass is 16.5. The van der Waals surface area contributed by atoms with Crippen LogP contribution in [0.5, 0.6) is 0 Å². The van der Waals surface area contributed by atoms with Crippen LogP contribution in [0.2, 0.25) is 0 Å². The molecule has 0 aliphatic heterocycles. The Morgan fingerprint density at radius 3 is 2.69 bits per heavy atom. The van der Waals surface area contributed by atoms with E-state index in [-0.39, 0.29) is 6.10 Å². The number of rotatable bonds is 6. The maximum Gasteiger partial charge on any atom is 0.335 e. The fourth-order valence-corrected chi connectivity index (χ4v) is 1.78. The summed E-state index contributed by atoms with van der Waals surface area (Å²) >= 11 is 0. The molecule has 1 rings (SSSR count). The highest BCUT2D eigenvalue weighted by Crippen LogP contribution is 2.15. The molecule has 16 heavy (non-hydrogen) atoms. The third-order valence-corrected chi connectivity index (χ3v) is 2.64. The number of ether oxygens (including phenoxy) is 1. The molecule has 0 saturated heterocycles. The summed E-state index contributed by atoms with van der Waals surface area (Å²) in [6, 6.07) is 7.09. The zero-order valence-corrected chi connectivity index (χ0v) is 9.77. The number of hydrogen-bond acceptors (Lipinski definition) is 2. The van der Waals surface area contributed by atoms with Crippen molar-refractivity contribution in [1.82, 2.24) is 0 Å². The first-order chi connectivity index (χ1) is 7.69. The molecule has 1 N–H and O–H groups in total. The van der Waals surface area contributed by atoms with Gasteiger partial charge in [-0.15, -0.1) is 0 Å². The van der Waals surface area contributed by atoms with Crippen LogP contribution in [-0.4, -0.2) is 24.3 Å². The fraction of sp³-hybridized carbons (Fsp3) is 0.462. The van der Waals surface area contributed by atoms with Crippen molar-refractivity contribution in [3.05, 3.63) is 35.4 Å². The molecule has 0 heterocycles. The van der Waals surface area contributed by atoms with Gasteiger partial charge in [0.05, 0.1) is 11.7 Å². The van der Waals surface area contributed by atoms with Gasteiger partial charge in [0.1, 0.15) is 0 Å². The molecule has 1 atom stereocenters. The number of carboxylic acids is 1. The van der Waals surface area contributed by atoms with Crippen LogP contribution in [0.4, 0.5) is 0 Å². The first-order valence-electron chi connectivity index (χ1n) is 5.53. The lowest BCUT2D eigenvalue weighted by molar-refractivity contribution is 0.0691. The van der Waals surface area contributed by atoms with Gasteiger partial charge in [0.2, 0.25) is 0 Å². The van der Waals surface area contributed by atoms with Crippen molar-refractivity contribution < 1.29 is 14.6 Å². The molecule has 0 amide bonds. The third kappa shape index (κ3) is 3.35. The zero-order valence-electron chi connectivity index (χ0n) is 9.77. The van der Waals surface area contributed by atoms with E-state index in [0.717, 1.165) is 18.4 Å². The van der Waals surface area contributed by atoms with Gasteiger partial charge in [-0.05, 0) is 24.5 Å². The molecule has 0 aliphatic carbocycles. The Labute approximate surface area is 96.1 Å². The molecule has 0 aromatic heterocycles. The van der Waals surface area contributed by atoms with Gasteiger partial charge in [0, 0.05) is 7.11 Å². The van der Waals surface area contributed by atoms with Gasteiger partial charge in [-0.3, -0.25) is 0 Å². The molecule has 1 aromatic carbocycles. The van der Waals surface area contributed by atoms with Crippen LogP contribution in [0.1, 0.15) is 35.7 Å². The minimum Gasteiger partial charge on any atom is -0.478 e. The quantitative estimate of drug-likeness (QED) is 0.805. The van der Waals surface area contributed by atoms with Crippen molar-refractivity contribution in [3.63, 3.8) is 0 Å². The van der Waals surface area contributed by atoms with Crippen molar-refractivity contribution in [2.45, 2.75) is 32.3 Å². The van der Waals surface area contributed by atoms with Crippen molar-refractivity contribution in [2.24, 2.45) is 0 Å². The normalized spacial score (nSPS) is 12.4. The minimum absolute atomic E-state index is 0.102. The van der Waals surface area contributed by atoms with Gasteiger partial charge in [0.25, 0.3) is 0 Å². The summed E-state index contributed by atoms with van der Waals surface area (Å²) in [5.41, 5.74) is 1.22. The molecule has 0 fully saturated rings. The maximum absolute atomic E-state index is 11.0. The van der Waals surface area contributed by atoms with Gasteiger partial charge in [-0.2, -0.15) is 0 Å². The van der Waals surface area contributed by atoms with Gasteiger partial charge < -0.3 is 9.84 Å². The van der Waals surface area contributed by atoms with Gasteiger partial charge >= 0.3 is 5.97 Å². The Balaban J connectivity index is 2.82. The Hall–Kier alpha value is -1.35. The topological polar surface area (TPSA) is 46.5 Å². The summed E-state index contributed by atoms with van der Waals surface area (Å²) in [6.07, 6.45) is 2.75. The minimum atomic E-state index is -0.873. The van der Waals surface area contributed by atoms with E-state index >= 15 is 0 Å². The maximum atomic E-state index is 11.0. The Morgan fingerprint density at radius 2 is 2.12 bits per heavy atom. The second-order valence-electron chi connectivity index (χ2n) is 3.81. The van der Waals surface area contributed by atoms with E-state index in [2.05, 4.69) is 6.92 Å². The van der Waals surface area contributed by atoms with Crippen molar-refractivity contribution in [3.8, 4) is 0 Å². The first-order valence-corrected chi connectivity index (χ1v) is 5.53. The highest BCUT2D eigenvalue weighted by molar-refractivity contribution is 5.89. The molecular formula is C13H18O3. The molecule has 0 bridgehead atoms. The van der Waals surface area contributed by atoms with Crippen LogP contribution >= 0.6 is 0 Å². The average Bonchev–Trinajstić information content (AvgIpc) is 2.29. The Morgan fingerprint density at radius 1 is 1.44 bits per heavy atom. The van der Waals surface area contributed by atoms with E-state index in [4.69, 9.17) is 9.84 Å². The molecule has 0 radical (unpaired) electrons. The predicted octanol–water partition coefficient (Wildman–Crippen LogP) is 2.74. The average molecular weight is 222 g/mol. The lowest BCUT2D eigenvalue weighted by Gasteiger charge is -2.15. The van der Waals surface area contributed by atoms with E-state index < -0.39 is 5.97 Å². The number of carboxylic acid groups (broad SMARTS) is 1. The number of carbonyl (C=O) groups is 1. The van der Waals surface area contributed by atoms with Gasteiger partial charge in [-0.25, -0.2) is 4.79 Å². The fourth-order valence-electron chi connectivity index (χ4n) is 1.78. The molecule has 3 heteroatoms. The smallest absolute Gasteiger partial charge is 0.335 e. The molecule has 0 spiro atoms. The largest absolute Gasteiger partial charge is 0.478 e. The monoisotopic (exact) mass is 222 g/mol. The van der Waals surface area contributed by atoms with Crippen LogP contribution in [0.15, 0.2) is 24.3 Å². The van der Waals surface area contributed by atoms with E-state index in [9.17, 15) is 4.79 Å². The summed E-state index contributed by atoms with van der Waals surface area (Å²) < 4.78 is 5.34. The summed E-state index contributed by atoms with van der Waals surface area (Å²) in [5, 5.41) is 9.04. The van der Waals surface area contributed by atoms with Crippen molar-refractivity contribution in [2.75, 3.05) is 7.11 Å². The molecule has 0 aliphatic rings. The number of hydrogen-bond donors (Lipinski definition) is 1. The number of methoxy groups -OCH3 is 1. The zero-order chi connectivity index (χ0) is 12.0. The summed E-state index contributed by atoms with van der Waals surface area (Å²) in [6.45, 7) is 2.09. The van der Waals surface area contributed by atoms with Crippen LogP contribution in [0, 0.1) is 0 Å². The number of benzene rings is 1. The molecule has 3 nitrogen and oxygen atoms in total. The number of aromatic carboxylic acids is 1. The van der Waals surface area contributed by atoms with Crippen molar-refractivity contribution in [1.29, 1.82) is 0 Å². The van der Waals surface area contributed by atoms with Crippen molar-refractivity contribution >= 4 is 5.97 Å². The van der Waals surface area contributed by atoms with E-state index in [1.807, 2.05) is 12.1 Å². The lowest BCUT2D eigenvalue weighted by Crippen LogP contribution is -2.15. The summed E-state index contributed by atoms with van der Waals surface area (Å²) in [5.74, 6) is -0.873. The standard InChI is InChI=1S/C13H18O3/c1-3-6-11(16-2)9-10-7-4-5-8-12(10)13(14)15/h4-5,7-8,11H,3,6,9H2,1-2H3,(H,14,15). The lowest BCUT2D eigenvalue weighted by atomic mass is 9.99. The summed E-state index contributed by atoms with van der Waals surface area (Å²) in [7, 11) is 1.67. The van der Waals surface area contributed by atoms with Gasteiger partial charge in [-0.1, -0.05) is 31.5 Å². The van der Waals surface area contributed by atoms with Crippen LogP contribution in [0.3, 0.4) is 0 Å². The van der Waals surface area contributed by atoms with E-state index in [0.29, 0.717) is 12.0 Å². The highest BCUT2D eigenvalue weighted by Gasteiger charge is 2.13. The predicted molar refractivity (Wildman–Crippen MR) is 62.8 cm³/mol. The van der Waals surface area contributed by atoms with Crippen LogP contribution in [-0.2, 0) is 11.2 Å². The summed E-state index contributed by atoms with van der Waals surface area (Å²) in [4.78, 5) is 11.0. The van der Waals surface area contributed by atoms with E-state index in [1.165, 1.54) is 0 Å². The van der Waals surface area contributed by atoms with E-state index in [1.54, 1.807) is 19.2 Å². The molecular weight excluding hydrogens is 204 g/mol.